The van der Waals surface area contributed by atoms with Crippen molar-refractivity contribution in [1.29, 1.82) is 0 Å². The molecule has 14 atom stereocenters. The number of hydrogen-bond acceptors (Lipinski definition) is 12. The van der Waals surface area contributed by atoms with Crippen molar-refractivity contribution in [2.45, 2.75) is 180 Å². The Kier molecular flexibility index (Phi) is 20.1. The largest absolute Gasteiger partial charge is 0.460 e. The first-order chi connectivity index (χ1) is 29.8. The van der Waals surface area contributed by atoms with Crippen LogP contribution in [0.25, 0.3) is 0 Å². The highest BCUT2D eigenvalue weighted by molar-refractivity contribution is 6.39. The van der Waals surface area contributed by atoms with E-state index in [1.54, 1.807) is 41.1 Å². The van der Waals surface area contributed by atoms with E-state index in [4.69, 9.17) is 18.9 Å². The molecule has 354 valence electrons. The topological polar surface area (TPSA) is 186 Å². The lowest BCUT2D eigenvalue weighted by molar-refractivity contribution is -0.265. The van der Waals surface area contributed by atoms with Crippen molar-refractivity contribution >= 4 is 29.2 Å². The van der Waals surface area contributed by atoms with Gasteiger partial charge in [-0.3, -0.25) is 19.2 Å². The van der Waals surface area contributed by atoms with Crippen LogP contribution in [0, 0.1) is 35.5 Å². The summed E-state index contributed by atoms with van der Waals surface area (Å²) in [6.45, 7) is 12.9. The van der Waals surface area contributed by atoms with Crippen molar-refractivity contribution in [2.24, 2.45) is 35.5 Å². The molecule has 1 aliphatic carbocycles. The standard InChI is InChI=1S/C50H77NO12/c1-30-15-11-10-12-16-31(2)44(60-8)27-38-20-18-36(7)50(59,63-38)47(56)48(57)51-22-14-13-17-39(51)49(58)62-45(35(6)25-37-19-21-40(52)46(26-37)61-9)29-43(55)34(5)24-33(4)42(54)28-41(53)32(3)23-30/h10-12,15-16,24,30,32,34-40,42,44-46,52,54,59H,13-14,17-23,25-29H2,1-9H3/b12-10+,15-11?,31-16+,33-24+/t30-,32?,34-,35-,36?,37+,38+,39?,40?,42?,44+,45+,46-,50?/m1/s1. The van der Waals surface area contributed by atoms with Crippen LogP contribution in [0.1, 0.15) is 132 Å². The third-order valence-electron chi connectivity index (χ3n) is 14.2. The lowest BCUT2D eigenvalue weighted by Crippen LogP contribution is -2.61. The first-order valence-electron chi connectivity index (χ1n) is 23.4. The zero-order valence-electron chi connectivity index (χ0n) is 39.3. The third-order valence-corrected chi connectivity index (χ3v) is 14.2. The molecule has 13 nitrogen and oxygen atoms in total. The number of carbonyl (C=O) groups is 5. The maximum atomic E-state index is 14.3. The molecule has 3 aliphatic heterocycles. The zero-order valence-corrected chi connectivity index (χ0v) is 39.3. The number of allylic oxidation sites excluding steroid dienone is 6. The van der Waals surface area contributed by atoms with Crippen molar-refractivity contribution in [1.82, 2.24) is 4.90 Å². The van der Waals surface area contributed by atoms with E-state index in [1.165, 1.54) is 4.90 Å². The first-order valence-corrected chi connectivity index (χ1v) is 23.4. The van der Waals surface area contributed by atoms with E-state index in [0.717, 1.165) is 12.0 Å². The number of cyclic esters (lactones) is 1. The summed E-state index contributed by atoms with van der Waals surface area (Å²) in [4.78, 5) is 71.1. The van der Waals surface area contributed by atoms with Crippen LogP contribution in [0.2, 0.25) is 0 Å². The smallest absolute Gasteiger partial charge is 0.329 e. The molecule has 6 unspecified atom stereocenters. The molecule has 0 aromatic heterocycles. The van der Waals surface area contributed by atoms with Crippen molar-refractivity contribution in [3.05, 3.63) is 47.6 Å². The number of methoxy groups -OCH3 is 2. The van der Waals surface area contributed by atoms with Gasteiger partial charge < -0.3 is 39.2 Å². The molecule has 4 rings (SSSR count). The number of piperidine rings is 1. The number of amides is 1. The van der Waals surface area contributed by atoms with E-state index in [0.29, 0.717) is 63.4 Å². The van der Waals surface area contributed by atoms with Gasteiger partial charge in [0.2, 0.25) is 5.79 Å². The highest BCUT2D eigenvalue weighted by Crippen LogP contribution is 2.37. The number of rotatable bonds is 5. The summed E-state index contributed by atoms with van der Waals surface area (Å²) in [5.41, 5.74) is 1.39. The molecule has 2 saturated heterocycles. The molecule has 63 heavy (non-hydrogen) atoms. The minimum Gasteiger partial charge on any atom is -0.460 e. The number of carbonyl (C=O) groups excluding carboxylic acids is 5. The van der Waals surface area contributed by atoms with Crippen LogP contribution >= 0.6 is 0 Å². The summed E-state index contributed by atoms with van der Waals surface area (Å²) >= 11 is 0. The van der Waals surface area contributed by atoms with Crippen molar-refractivity contribution in [3.8, 4) is 0 Å². The fourth-order valence-electron chi connectivity index (χ4n) is 9.78. The number of hydrogen-bond donors (Lipinski definition) is 3. The molecule has 0 radical (unpaired) electrons. The van der Waals surface area contributed by atoms with Crippen molar-refractivity contribution in [2.75, 3.05) is 20.8 Å². The number of ether oxygens (including phenoxy) is 4. The van der Waals surface area contributed by atoms with E-state index in [2.05, 4.69) is 0 Å². The molecule has 3 heterocycles. The molecule has 3 fully saturated rings. The highest BCUT2D eigenvalue weighted by atomic mass is 16.6. The molecule has 1 amide bonds. The van der Waals surface area contributed by atoms with E-state index in [-0.39, 0.29) is 67.1 Å². The summed E-state index contributed by atoms with van der Waals surface area (Å²) in [6.07, 6.45) is 13.0. The lowest BCUT2D eigenvalue weighted by Gasteiger charge is -2.42. The molecule has 2 bridgehead atoms. The summed E-state index contributed by atoms with van der Waals surface area (Å²) in [6, 6.07) is -1.12. The lowest BCUT2D eigenvalue weighted by atomic mass is 9.78. The monoisotopic (exact) mass is 884 g/mol. The normalized spacial score (nSPS) is 39.6. The zero-order chi connectivity index (χ0) is 46.6. The second-order valence-electron chi connectivity index (χ2n) is 19.3. The minimum absolute atomic E-state index is 0.0725. The molecule has 13 heteroatoms. The van der Waals surface area contributed by atoms with Gasteiger partial charge >= 0.3 is 5.97 Å². The Morgan fingerprint density at radius 2 is 1.57 bits per heavy atom. The van der Waals surface area contributed by atoms with Crippen LogP contribution in [0.5, 0.6) is 0 Å². The van der Waals surface area contributed by atoms with Crippen molar-refractivity contribution < 1.29 is 58.2 Å². The molecule has 1 saturated carbocycles. The Morgan fingerprint density at radius 3 is 2.27 bits per heavy atom. The van der Waals surface area contributed by atoms with Gasteiger partial charge in [0.25, 0.3) is 11.7 Å². The fraction of sp³-hybridized carbons (Fsp3) is 0.740. The SMILES string of the molecule is CO[C@H]1C[C@@H]2CCC(C)C(O)(O2)C(=O)C(=O)N2CCCCC2C(=O)O[C@H]([C@H](C)C[C@@H]2CCC(O)[C@H](OC)C2)CC(=O)[C@H](C)/C=C(\C)C(O)CC(=O)C(C)C[C@H](C)C=C/C=C/C=C/1C. The van der Waals surface area contributed by atoms with E-state index in [1.807, 2.05) is 58.1 Å². The van der Waals surface area contributed by atoms with E-state index >= 15 is 0 Å². The van der Waals surface area contributed by atoms with Gasteiger partial charge in [0.15, 0.2) is 0 Å². The predicted octanol–water partition coefficient (Wildman–Crippen LogP) is 6.56. The maximum absolute atomic E-state index is 14.3. The van der Waals surface area contributed by atoms with Gasteiger partial charge in [0.1, 0.15) is 23.7 Å². The van der Waals surface area contributed by atoms with E-state index < -0.39 is 71.8 Å². The van der Waals surface area contributed by atoms with Gasteiger partial charge in [-0.2, -0.15) is 0 Å². The fourth-order valence-corrected chi connectivity index (χ4v) is 9.78. The molecule has 3 N–H and O–H groups in total. The molecule has 0 spiro atoms. The molecule has 4 aliphatic rings. The van der Waals surface area contributed by atoms with Gasteiger partial charge in [-0.25, -0.2) is 4.79 Å². The summed E-state index contributed by atoms with van der Waals surface area (Å²) in [7, 11) is 3.15. The summed E-state index contributed by atoms with van der Waals surface area (Å²) in [5.74, 6) is -7.36. The highest BCUT2D eigenvalue weighted by Gasteiger charge is 2.53. The van der Waals surface area contributed by atoms with Gasteiger partial charge in [-0.05, 0) is 107 Å². The number of nitrogens with zero attached hydrogens (tertiary/aromatic N) is 1. The average Bonchev–Trinajstić information content (AvgIpc) is 3.25. The van der Waals surface area contributed by atoms with E-state index in [9.17, 15) is 39.3 Å². The van der Waals surface area contributed by atoms with Crippen LogP contribution in [-0.2, 0) is 42.9 Å². The quantitative estimate of drug-likeness (QED) is 0.154. The number of Topliss-reactive ketones (excluding diaryl/α,β-unsaturated/α-hetero) is 3. The van der Waals surface area contributed by atoms with Crippen LogP contribution in [0.15, 0.2) is 47.6 Å². The summed E-state index contributed by atoms with van der Waals surface area (Å²) in [5, 5.41) is 33.5. The average molecular weight is 884 g/mol. The van der Waals surface area contributed by atoms with Gasteiger partial charge in [0.05, 0.1) is 30.5 Å². The Bertz CT molecular complexity index is 1700. The van der Waals surface area contributed by atoms with Crippen LogP contribution in [-0.4, -0.2) is 119 Å². The maximum Gasteiger partial charge on any atom is 0.329 e. The number of esters is 1. The summed E-state index contributed by atoms with van der Waals surface area (Å²) < 4.78 is 23.8. The van der Waals surface area contributed by atoms with Gasteiger partial charge in [-0.15, -0.1) is 0 Å². The predicted molar refractivity (Wildman–Crippen MR) is 239 cm³/mol. The van der Waals surface area contributed by atoms with Gasteiger partial charge in [0, 0.05) is 57.8 Å². The van der Waals surface area contributed by atoms with Crippen LogP contribution < -0.4 is 0 Å². The second-order valence-corrected chi connectivity index (χ2v) is 19.3. The van der Waals surface area contributed by atoms with Gasteiger partial charge in [-0.1, -0.05) is 71.1 Å². The number of aliphatic hydroxyl groups excluding tert-OH is 2. The third kappa shape index (κ3) is 14.3. The number of fused-ring (bicyclic) bond motifs is 3. The van der Waals surface area contributed by atoms with Crippen LogP contribution in [0.4, 0.5) is 0 Å². The Morgan fingerprint density at radius 1 is 0.841 bits per heavy atom. The number of aliphatic hydroxyl groups is 3. The Hall–Kier alpha value is -3.33. The minimum atomic E-state index is -2.42. The second kappa shape index (κ2) is 24.3. The molecular weight excluding hydrogens is 807 g/mol. The van der Waals surface area contributed by atoms with Crippen molar-refractivity contribution in [3.63, 3.8) is 0 Å². The Balaban J connectivity index is 1.67. The molecule has 0 aromatic rings. The molecule has 0 aromatic carbocycles. The number of ketones is 3. The first kappa shape index (κ1) is 52.3. The van der Waals surface area contributed by atoms with Crippen LogP contribution in [0.3, 0.4) is 0 Å². The Labute approximate surface area is 375 Å². The molecular formula is C50H77NO12.